The number of likely N-dealkylation sites (tertiary alicyclic amines) is 2. The molecule has 8 nitrogen and oxygen atoms in total. The van der Waals surface area contributed by atoms with Gasteiger partial charge in [0.25, 0.3) is 0 Å². The molecule has 3 aliphatic rings. The summed E-state index contributed by atoms with van der Waals surface area (Å²) in [6, 6.07) is 0. The molecule has 3 rings (SSSR count). The zero-order chi connectivity index (χ0) is 23.8. The molecule has 0 radical (unpaired) electrons. The second-order valence-electron chi connectivity index (χ2n) is 10.3. The molecule has 33 heavy (non-hydrogen) atoms. The van der Waals surface area contributed by atoms with Crippen LogP contribution in [0.15, 0.2) is 0 Å². The van der Waals surface area contributed by atoms with Crippen LogP contribution in [0.3, 0.4) is 0 Å². The summed E-state index contributed by atoms with van der Waals surface area (Å²) in [6.45, 7) is 6.80. The van der Waals surface area contributed by atoms with Crippen LogP contribution in [0.1, 0.15) is 64.7 Å². The summed E-state index contributed by atoms with van der Waals surface area (Å²) in [5.41, 5.74) is -0.656. The lowest BCUT2D eigenvalue weighted by molar-refractivity contribution is -0.173. The van der Waals surface area contributed by atoms with Crippen LogP contribution >= 0.6 is 0 Å². The number of rotatable bonds is 3. The fraction of sp³-hybridized carbons (Fsp3) is 0.880. The summed E-state index contributed by atoms with van der Waals surface area (Å²) in [6.07, 6.45) is 7.66. The Morgan fingerprint density at radius 1 is 1.03 bits per heavy atom. The van der Waals surface area contributed by atoms with Gasteiger partial charge in [0, 0.05) is 46.0 Å². The van der Waals surface area contributed by atoms with Crippen molar-refractivity contribution in [2.75, 3.05) is 60.0 Å². The minimum absolute atomic E-state index is 0.0365. The number of piperidine rings is 2. The summed E-state index contributed by atoms with van der Waals surface area (Å²) >= 11 is 0. The van der Waals surface area contributed by atoms with E-state index in [1.165, 1.54) is 19.3 Å². The molecular formula is C25H43N3O5. The van der Waals surface area contributed by atoms with E-state index < -0.39 is 17.5 Å². The maximum absolute atomic E-state index is 13.0. The third-order valence-corrected chi connectivity index (χ3v) is 7.66. The van der Waals surface area contributed by atoms with E-state index in [-0.39, 0.29) is 17.8 Å². The highest BCUT2D eigenvalue weighted by molar-refractivity contribution is 5.98. The van der Waals surface area contributed by atoms with Crippen LogP contribution in [0.25, 0.3) is 0 Å². The summed E-state index contributed by atoms with van der Waals surface area (Å²) in [5.74, 6) is -1.12. The lowest BCUT2D eigenvalue weighted by atomic mass is 9.89. The molecule has 0 bridgehead atoms. The number of Topliss-reactive ketones (excluding diaryl/α,β-unsaturated/α-hetero) is 1. The molecule has 3 fully saturated rings. The second-order valence-corrected chi connectivity index (χ2v) is 10.3. The number of amides is 1. The van der Waals surface area contributed by atoms with E-state index in [4.69, 9.17) is 9.47 Å². The average molecular weight is 466 g/mol. The zero-order valence-electron chi connectivity index (χ0n) is 20.9. The first-order valence-electron chi connectivity index (χ1n) is 12.8. The number of hydrogen-bond donors (Lipinski definition) is 0. The van der Waals surface area contributed by atoms with E-state index in [9.17, 15) is 14.4 Å². The monoisotopic (exact) mass is 465 g/mol. The third kappa shape index (κ3) is 7.49. The van der Waals surface area contributed by atoms with Gasteiger partial charge < -0.3 is 19.3 Å². The van der Waals surface area contributed by atoms with E-state index in [2.05, 4.69) is 16.8 Å². The largest absolute Gasteiger partial charge is 0.457 e. The SMILES string of the molecule is COC1CCCN(C)CC2(CCN(C(=O)CN3CCCCC3)CC2)OC(=O)C(C)C(=O)CC1. The molecule has 3 saturated heterocycles. The van der Waals surface area contributed by atoms with E-state index >= 15 is 0 Å². The first kappa shape index (κ1) is 26.1. The molecule has 3 aliphatic heterocycles. The van der Waals surface area contributed by atoms with Crippen LogP contribution in [0.2, 0.25) is 0 Å². The summed E-state index contributed by atoms with van der Waals surface area (Å²) in [5, 5.41) is 0. The zero-order valence-corrected chi connectivity index (χ0v) is 20.9. The number of ether oxygens (including phenoxy) is 2. The molecule has 1 amide bonds. The first-order chi connectivity index (χ1) is 15.8. The van der Waals surface area contributed by atoms with Gasteiger partial charge in [0.15, 0.2) is 0 Å². The van der Waals surface area contributed by atoms with Gasteiger partial charge in [-0.1, -0.05) is 6.42 Å². The van der Waals surface area contributed by atoms with Gasteiger partial charge >= 0.3 is 5.97 Å². The Kier molecular flexibility index (Phi) is 9.70. The van der Waals surface area contributed by atoms with Crippen LogP contribution in [0, 0.1) is 5.92 Å². The van der Waals surface area contributed by atoms with Gasteiger partial charge in [-0.05, 0) is 65.7 Å². The van der Waals surface area contributed by atoms with Gasteiger partial charge in [0.05, 0.1) is 12.6 Å². The smallest absolute Gasteiger partial charge is 0.316 e. The van der Waals surface area contributed by atoms with Gasteiger partial charge in [0.1, 0.15) is 17.3 Å². The van der Waals surface area contributed by atoms with Crippen molar-refractivity contribution < 1.29 is 23.9 Å². The molecule has 8 heteroatoms. The molecule has 0 N–H and O–H groups in total. The van der Waals surface area contributed by atoms with E-state index in [1.807, 2.05) is 4.90 Å². The van der Waals surface area contributed by atoms with Crippen molar-refractivity contribution >= 4 is 17.7 Å². The number of ketones is 1. The molecule has 1 spiro atoms. The Balaban J connectivity index is 1.64. The quantitative estimate of drug-likeness (QED) is 0.466. The lowest BCUT2D eigenvalue weighted by Crippen LogP contribution is -2.55. The molecule has 188 valence electrons. The third-order valence-electron chi connectivity index (χ3n) is 7.66. The molecule has 0 aromatic rings. The topological polar surface area (TPSA) is 79.4 Å². The Hall–Kier alpha value is -1.51. The number of likely N-dealkylation sites (N-methyl/N-ethyl adjacent to an activating group) is 1. The molecule has 0 aromatic carbocycles. The molecule has 3 heterocycles. The number of carbonyl (C=O) groups excluding carboxylic acids is 3. The summed E-state index contributed by atoms with van der Waals surface area (Å²) in [4.78, 5) is 44.9. The second kappa shape index (κ2) is 12.3. The highest BCUT2D eigenvalue weighted by atomic mass is 16.6. The van der Waals surface area contributed by atoms with E-state index in [1.54, 1.807) is 14.0 Å². The minimum atomic E-state index is -0.774. The van der Waals surface area contributed by atoms with Crippen molar-refractivity contribution in [3.05, 3.63) is 0 Å². The fourth-order valence-corrected chi connectivity index (χ4v) is 5.36. The Labute approximate surface area is 198 Å². The number of esters is 1. The molecule has 2 unspecified atom stereocenters. The van der Waals surface area contributed by atoms with Crippen molar-refractivity contribution in [3.8, 4) is 0 Å². The number of nitrogens with zero attached hydrogens (tertiary/aromatic N) is 3. The number of hydrogen-bond acceptors (Lipinski definition) is 7. The van der Waals surface area contributed by atoms with Gasteiger partial charge in [0.2, 0.25) is 5.91 Å². The predicted octanol–water partition coefficient (Wildman–Crippen LogP) is 2.10. The highest BCUT2D eigenvalue weighted by Crippen LogP contribution is 2.30. The van der Waals surface area contributed by atoms with Crippen LogP contribution in [0.5, 0.6) is 0 Å². The Bertz CT molecular complexity index is 671. The van der Waals surface area contributed by atoms with Crippen molar-refractivity contribution in [2.45, 2.75) is 76.4 Å². The van der Waals surface area contributed by atoms with Gasteiger partial charge in [-0.3, -0.25) is 19.3 Å². The molecule has 2 atom stereocenters. The van der Waals surface area contributed by atoms with Crippen molar-refractivity contribution in [3.63, 3.8) is 0 Å². The molecule has 0 aromatic heterocycles. The predicted molar refractivity (Wildman–Crippen MR) is 126 cm³/mol. The standard InChI is InChI=1S/C25H43N3O5/c1-20-22(29)10-9-21(32-3)8-7-13-26(2)19-25(33-24(20)31)11-16-28(17-12-25)23(30)18-27-14-5-4-6-15-27/h20-21H,4-19H2,1-3H3. The van der Waals surface area contributed by atoms with E-state index in [0.29, 0.717) is 51.9 Å². The normalized spacial score (nSPS) is 29.1. The lowest BCUT2D eigenvalue weighted by Gasteiger charge is -2.43. The first-order valence-corrected chi connectivity index (χ1v) is 12.8. The Morgan fingerprint density at radius 3 is 2.39 bits per heavy atom. The fourth-order valence-electron chi connectivity index (χ4n) is 5.36. The summed E-state index contributed by atoms with van der Waals surface area (Å²) in [7, 11) is 3.74. The minimum Gasteiger partial charge on any atom is -0.457 e. The molecule has 0 aliphatic carbocycles. The van der Waals surface area contributed by atoms with Crippen LogP contribution in [-0.4, -0.2) is 104 Å². The average Bonchev–Trinajstić information content (AvgIpc) is 2.81. The van der Waals surface area contributed by atoms with Crippen LogP contribution in [0.4, 0.5) is 0 Å². The van der Waals surface area contributed by atoms with Crippen LogP contribution in [-0.2, 0) is 23.9 Å². The van der Waals surface area contributed by atoms with Crippen molar-refractivity contribution in [2.24, 2.45) is 5.92 Å². The van der Waals surface area contributed by atoms with Gasteiger partial charge in [-0.15, -0.1) is 0 Å². The van der Waals surface area contributed by atoms with Gasteiger partial charge in [-0.2, -0.15) is 0 Å². The highest BCUT2D eigenvalue weighted by Gasteiger charge is 2.42. The maximum Gasteiger partial charge on any atom is 0.316 e. The van der Waals surface area contributed by atoms with Crippen molar-refractivity contribution in [1.82, 2.24) is 14.7 Å². The summed E-state index contributed by atoms with van der Waals surface area (Å²) < 4.78 is 11.6. The van der Waals surface area contributed by atoms with E-state index in [0.717, 1.165) is 32.5 Å². The van der Waals surface area contributed by atoms with Gasteiger partial charge in [-0.25, -0.2) is 0 Å². The number of methoxy groups -OCH3 is 1. The van der Waals surface area contributed by atoms with Crippen molar-refractivity contribution in [1.29, 1.82) is 0 Å². The van der Waals surface area contributed by atoms with Crippen LogP contribution < -0.4 is 0 Å². The molecular weight excluding hydrogens is 422 g/mol. The Morgan fingerprint density at radius 2 is 1.73 bits per heavy atom. The maximum atomic E-state index is 13.0. The molecule has 0 saturated carbocycles. The number of carbonyl (C=O) groups is 3.